The number of methoxy groups -OCH3 is 1. The molecule has 0 aliphatic heterocycles. The maximum Gasteiger partial charge on any atom is 0.336 e. The summed E-state index contributed by atoms with van der Waals surface area (Å²) in [5.41, 5.74) is -0.234. The predicted octanol–water partition coefficient (Wildman–Crippen LogP) is -0.263. The van der Waals surface area contributed by atoms with Crippen LogP contribution in [0, 0.1) is 0 Å². The second-order valence-electron chi connectivity index (χ2n) is 3.56. The second-order valence-corrected chi connectivity index (χ2v) is 3.56. The number of esters is 1. The first kappa shape index (κ1) is 14.1. The number of aromatic carboxylic acids is 1. The van der Waals surface area contributed by atoms with E-state index < -0.39 is 30.6 Å². The van der Waals surface area contributed by atoms with E-state index in [1.807, 2.05) is 0 Å². The number of carbonyl (C=O) groups is 2. The van der Waals surface area contributed by atoms with Gasteiger partial charge < -0.3 is 20.1 Å². The van der Waals surface area contributed by atoms with E-state index in [9.17, 15) is 19.8 Å². The van der Waals surface area contributed by atoms with Crippen LogP contribution >= 0.6 is 0 Å². The third kappa shape index (κ3) is 3.25. The number of hydrogen-bond acceptors (Lipinski definition) is 6. The summed E-state index contributed by atoms with van der Waals surface area (Å²) in [5, 5.41) is 28.3. The molecule has 0 aromatic carbocycles. The zero-order valence-electron chi connectivity index (χ0n) is 9.61. The minimum Gasteiger partial charge on any atom is -0.478 e. The highest BCUT2D eigenvalue weighted by atomic mass is 16.5. The summed E-state index contributed by atoms with van der Waals surface area (Å²) < 4.78 is 4.34. The van der Waals surface area contributed by atoms with Crippen molar-refractivity contribution in [3.05, 3.63) is 29.6 Å². The second kappa shape index (κ2) is 6.08. The van der Waals surface area contributed by atoms with E-state index in [1.165, 1.54) is 12.3 Å². The summed E-state index contributed by atoms with van der Waals surface area (Å²) in [7, 11) is 1.15. The Bertz CT molecular complexity index is 447. The van der Waals surface area contributed by atoms with E-state index in [0.29, 0.717) is 0 Å². The molecule has 1 aromatic rings. The lowest BCUT2D eigenvalue weighted by atomic mass is 9.99. The van der Waals surface area contributed by atoms with Crippen molar-refractivity contribution >= 4 is 11.9 Å². The van der Waals surface area contributed by atoms with Crippen LogP contribution in [0.15, 0.2) is 18.5 Å². The molecular weight excluding hydrogens is 242 g/mol. The molecule has 3 N–H and O–H groups in total. The number of ether oxygens (including phenoxy) is 1. The quantitative estimate of drug-likeness (QED) is 0.620. The van der Waals surface area contributed by atoms with Crippen LogP contribution in [0.5, 0.6) is 0 Å². The lowest BCUT2D eigenvalue weighted by molar-refractivity contribution is -0.144. The largest absolute Gasteiger partial charge is 0.478 e. The van der Waals surface area contributed by atoms with Gasteiger partial charge in [0.1, 0.15) is 6.10 Å². The molecule has 98 valence electrons. The van der Waals surface area contributed by atoms with Gasteiger partial charge in [0, 0.05) is 18.0 Å². The van der Waals surface area contributed by atoms with Crippen molar-refractivity contribution in [2.75, 3.05) is 7.11 Å². The molecule has 0 fully saturated rings. The summed E-state index contributed by atoms with van der Waals surface area (Å²) in [4.78, 5) is 25.5. The molecular formula is C11H13NO6. The molecule has 18 heavy (non-hydrogen) atoms. The Morgan fingerprint density at radius 2 is 2.11 bits per heavy atom. The zero-order valence-corrected chi connectivity index (χ0v) is 9.61. The predicted molar refractivity (Wildman–Crippen MR) is 58.8 cm³/mol. The minimum absolute atomic E-state index is 0.0543. The SMILES string of the molecule is COC(=O)CC(O)C(O)c1cnccc1C(=O)O. The highest BCUT2D eigenvalue weighted by Crippen LogP contribution is 2.22. The molecule has 0 amide bonds. The maximum atomic E-state index is 11.0. The van der Waals surface area contributed by atoms with Crippen molar-refractivity contribution in [3.8, 4) is 0 Å². The van der Waals surface area contributed by atoms with Gasteiger partial charge in [0.2, 0.25) is 0 Å². The van der Waals surface area contributed by atoms with Crippen LogP contribution in [0.2, 0.25) is 0 Å². The molecule has 1 aromatic heterocycles. The van der Waals surface area contributed by atoms with Crippen molar-refractivity contribution in [3.63, 3.8) is 0 Å². The number of pyridine rings is 1. The lowest BCUT2D eigenvalue weighted by Gasteiger charge is -2.18. The number of aliphatic hydroxyl groups is 2. The fourth-order valence-corrected chi connectivity index (χ4v) is 1.41. The van der Waals surface area contributed by atoms with E-state index in [1.54, 1.807) is 0 Å². The molecule has 7 nitrogen and oxygen atoms in total. The van der Waals surface area contributed by atoms with Gasteiger partial charge in [0.25, 0.3) is 0 Å². The monoisotopic (exact) mass is 255 g/mol. The number of carboxylic acid groups (broad SMARTS) is 1. The molecule has 0 bridgehead atoms. The van der Waals surface area contributed by atoms with E-state index in [2.05, 4.69) is 9.72 Å². The highest BCUT2D eigenvalue weighted by Gasteiger charge is 2.25. The third-order valence-electron chi connectivity index (χ3n) is 2.37. The number of aliphatic hydroxyl groups excluding tert-OH is 2. The zero-order chi connectivity index (χ0) is 13.7. The molecule has 0 aliphatic rings. The molecule has 0 aliphatic carbocycles. The average molecular weight is 255 g/mol. The van der Waals surface area contributed by atoms with Gasteiger partial charge in [-0.25, -0.2) is 4.79 Å². The Morgan fingerprint density at radius 3 is 2.67 bits per heavy atom. The van der Waals surface area contributed by atoms with Crippen molar-refractivity contribution < 1.29 is 29.6 Å². The fourth-order valence-electron chi connectivity index (χ4n) is 1.41. The van der Waals surface area contributed by atoms with Crippen LogP contribution in [0.25, 0.3) is 0 Å². The minimum atomic E-state index is -1.52. The van der Waals surface area contributed by atoms with Crippen molar-refractivity contribution in [1.29, 1.82) is 0 Å². The Hall–Kier alpha value is -1.99. The van der Waals surface area contributed by atoms with Gasteiger partial charge in [-0.05, 0) is 6.07 Å². The topological polar surface area (TPSA) is 117 Å². The van der Waals surface area contributed by atoms with E-state index in [0.717, 1.165) is 13.3 Å². The van der Waals surface area contributed by atoms with Gasteiger partial charge in [-0.15, -0.1) is 0 Å². The molecule has 1 heterocycles. The molecule has 0 saturated carbocycles. The van der Waals surface area contributed by atoms with Crippen LogP contribution in [0.3, 0.4) is 0 Å². The summed E-state index contributed by atoms with van der Waals surface area (Å²) in [6.07, 6.45) is -1.03. The summed E-state index contributed by atoms with van der Waals surface area (Å²) >= 11 is 0. The molecule has 2 atom stereocenters. The van der Waals surface area contributed by atoms with Crippen molar-refractivity contribution in [1.82, 2.24) is 4.98 Å². The van der Waals surface area contributed by atoms with Crippen molar-refractivity contribution in [2.45, 2.75) is 18.6 Å². The molecule has 1 rings (SSSR count). The Balaban J connectivity index is 2.92. The number of nitrogens with zero attached hydrogens (tertiary/aromatic N) is 1. The summed E-state index contributed by atoms with van der Waals surface area (Å²) in [6, 6.07) is 1.20. The maximum absolute atomic E-state index is 11.0. The van der Waals surface area contributed by atoms with Crippen molar-refractivity contribution in [2.24, 2.45) is 0 Å². The first-order valence-electron chi connectivity index (χ1n) is 5.07. The smallest absolute Gasteiger partial charge is 0.336 e. The van der Waals surface area contributed by atoms with Gasteiger partial charge in [0.15, 0.2) is 0 Å². The summed E-state index contributed by atoms with van der Waals surface area (Å²) in [5.74, 6) is -1.96. The molecule has 0 radical (unpaired) electrons. The van der Waals surface area contributed by atoms with Gasteiger partial charge >= 0.3 is 11.9 Å². The fraction of sp³-hybridized carbons (Fsp3) is 0.364. The Morgan fingerprint density at radius 1 is 1.44 bits per heavy atom. The standard InChI is InChI=1S/C11H13NO6/c1-18-9(14)4-8(13)10(15)7-5-12-3-2-6(7)11(16)17/h2-3,5,8,10,13,15H,4H2,1H3,(H,16,17). The van der Waals surface area contributed by atoms with E-state index >= 15 is 0 Å². The number of rotatable bonds is 5. The van der Waals surface area contributed by atoms with Crippen LogP contribution in [-0.4, -0.2) is 45.5 Å². The summed E-state index contributed by atoms with van der Waals surface area (Å²) in [6.45, 7) is 0. The number of carbonyl (C=O) groups excluding carboxylic acids is 1. The first-order chi connectivity index (χ1) is 8.47. The molecule has 0 spiro atoms. The lowest BCUT2D eigenvalue weighted by Crippen LogP contribution is -2.24. The Labute approximate surface area is 103 Å². The van der Waals surface area contributed by atoms with Crippen LogP contribution in [0.1, 0.15) is 28.4 Å². The number of aromatic nitrogens is 1. The number of carboxylic acids is 1. The van der Waals surface area contributed by atoms with Gasteiger partial charge in [-0.3, -0.25) is 9.78 Å². The van der Waals surface area contributed by atoms with Crippen LogP contribution in [0.4, 0.5) is 0 Å². The third-order valence-corrected chi connectivity index (χ3v) is 2.37. The Kier molecular flexibility index (Phi) is 4.75. The van der Waals surface area contributed by atoms with E-state index in [4.69, 9.17) is 5.11 Å². The number of hydrogen-bond donors (Lipinski definition) is 3. The van der Waals surface area contributed by atoms with Crippen LogP contribution in [-0.2, 0) is 9.53 Å². The van der Waals surface area contributed by atoms with Crippen LogP contribution < -0.4 is 0 Å². The normalized spacial score (nSPS) is 13.7. The van der Waals surface area contributed by atoms with Gasteiger partial charge in [-0.1, -0.05) is 0 Å². The van der Waals surface area contributed by atoms with Gasteiger partial charge in [0.05, 0.1) is 25.2 Å². The first-order valence-corrected chi connectivity index (χ1v) is 5.07. The molecule has 0 saturated heterocycles. The highest BCUT2D eigenvalue weighted by molar-refractivity contribution is 5.89. The molecule has 7 heteroatoms. The van der Waals surface area contributed by atoms with E-state index in [-0.39, 0.29) is 11.1 Å². The molecule has 2 unspecified atom stereocenters. The average Bonchev–Trinajstić information content (AvgIpc) is 2.37. The van der Waals surface area contributed by atoms with Gasteiger partial charge in [-0.2, -0.15) is 0 Å².